The number of rotatable bonds is 4. The highest BCUT2D eigenvalue weighted by Gasteiger charge is 2.52. The Kier molecular flexibility index (Phi) is 5.98. The van der Waals surface area contributed by atoms with E-state index in [9.17, 15) is 23.2 Å². The zero-order valence-electron chi connectivity index (χ0n) is 14.3. The first-order valence-corrected chi connectivity index (χ1v) is 10.9. The Morgan fingerprint density at radius 3 is 1.76 bits per heavy atom. The van der Waals surface area contributed by atoms with Crippen LogP contribution in [0.15, 0.2) is 54.6 Å². The highest BCUT2D eigenvalue weighted by Crippen LogP contribution is 2.52. The molecule has 0 saturated carbocycles. The Balaban J connectivity index is 2.64. The number of aromatic hydroxyl groups is 2. The summed E-state index contributed by atoms with van der Waals surface area (Å²) in [5.41, 5.74) is -0.601. The van der Waals surface area contributed by atoms with Gasteiger partial charge in [0.25, 0.3) is 10.1 Å². The van der Waals surface area contributed by atoms with Crippen molar-refractivity contribution in [1.82, 2.24) is 0 Å². The normalized spacial score (nSPS) is 13.8. The molecular formula is C19H12Cl4O5S. The summed E-state index contributed by atoms with van der Waals surface area (Å²) >= 11 is 24.5. The fourth-order valence-electron chi connectivity index (χ4n) is 3.20. The number of benzene rings is 3. The third-order valence-electron chi connectivity index (χ3n) is 4.41. The van der Waals surface area contributed by atoms with Crippen LogP contribution in [0.4, 0.5) is 0 Å². The molecule has 1 unspecified atom stereocenters. The fourth-order valence-corrected chi connectivity index (χ4v) is 5.47. The molecule has 0 spiro atoms. The van der Waals surface area contributed by atoms with Crippen molar-refractivity contribution in [3.8, 4) is 11.5 Å². The minimum Gasteiger partial charge on any atom is -0.508 e. The lowest BCUT2D eigenvalue weighted by atomic mass is 9.83. The molecule has 0 saturated heterocycles. The van der Waals surface area contributed by atoms with Gasteiger partial charge in [0.05, 0.1) is 20.1 Å². The van der Waals surface area contributed by atoms with Crippen LogP contribution in [0, 0.1) is 0 Å². The molecule has 0 amide bonds. The van der Waals surface area contributed by atoms with E-state index in [4.69, 9.17) is 46.4 Å². The van der Waals surface area contributed by atoms with Crippen LogP contribution in [0.5, 0.6) is 11.5 Å². The lowest BCUT2D eigenvalue weighted by molar-refractivity contribution is 0.434. The molecule has 0 radical (unpaired) electrons. The summed E-state index contributed by atoms with van der Waals surface area (Å²) in [6.45, 7) is 0. The summed E-state index contributed by atoms with van der Waals surface area (Å²) < 4.78 is 33.9. The second-order valence-electron chi connectivity index (χ2n) is 6.07. The molecule has 29 heavy (non-hydrogen) atoms. The Morgan fingerprint density at radius 1 is 0.724 bits per heavy atom. The van der Waals surface area contributed by atoms with Crippen LogP contribution in [0.2, 0.25) is 20.1 Å². The number of phenolic OH excluding ortho intramolecular Hbond substituents is 2. The van der Waals surface area contributed by atoms with Gasteiger partial charge < -0.3 is 10.2 Å². The van der Waals surface area contributed by atoms with E-state index in [0.29, 0.717) is 0 Å². The van der Waals surface area contributed by atoms with Gasteiger partial charge in [0.1, 0.15) is 11.5 Å². The van der Waals surface area contributed by atoms with Gasteiger partial charge in [-0.2, -0.15) is 8.42 Å². The minimum absolute atomic E-state index is 0.0137. The quantitative estimate of drug-likeness (QED) is 0.182. The molecule has 0 heterocycles. The molecule has 3 aromatic rings. The lowest BCUT2D eigenvalue weighted by Crippen LogP contribution is -2.38. The fraction of sp³-hybridized carbons (Fsp3) is 0.0526. The van der Waals surface area contributed by atoms with Crippen molar-refractivity contribution in [1.29, 1.82) is 0 Å². The van der Waals surface area contributed by atoms with E-state index in [0.717, 1.165) is 12.1 Å². The first-order chi connectivity index (χ1) is 13.5. The molecule has 0 fully saturated rings. The summed E-state index contributed by atoms with van der Waals surface area (Å²) in [6, 6.07) is 12.0. The molecule has 0 bridgehead atoms. The zero-order valence-corrected chi connectivity index (χ0v) is 18.1. The highest BCUT2D eigenvalue weighted by atomic mass is 35.5. The number of phenols is 2. The van der Waals surface area contributed by atoms with Gasteiger partial charge >= 0.3 is 0 Å². The molecule has 152 valence electrons. The summed E-state index contributed by atoms with van der Waals surface area (Å²) in [5.74, 6) is -1.09. The smallest absolute Gasteiger partial charge is 0.283 e. The van der Waals surface area contributed by atoms with Crippen molar-refractivity contribution >= 4 is 56.5 Å². The summed E-state index contributed by atoms with van der Waals surface area (Å²) in [6.07, 6.45) is 0. The average molecular weight is 494 g/mol. The van der Waals surface area contributed by atoms with Crippen molar-refractivity contribution in [2.75, 3.05) is 0 Å². The maximum absolute atomic E-state index is 13.0. The van der Waals surface area contributed by atoms with Gasteiger partial charge in [-0.05, 0) is 35.4 Å². The first kappa shape index (κ1) is 22.0. The second kappa shape index (κ2) is 7.87. The third kappa shape index (κ3) is 3.54. The van der Waals surface area contributed by atoms with Crippen LogP contribution in [-0.2, 0) is 14.9 Å². The molecule has 3 rings (SSSR count). The van der Waals surface area contributed by atoms with Crippen LogP contribution in [0.1, 0.15) is 16.7 Å². The van der Waals surface area contributed by atoms with Gasteiger partial charge in [0.2, 0.25) is 0 Å². The molecule has 10 heteroatoms. The highest BCUT2D eigenvalue weighted by molar-refractivity contribution is 7.87. The van der Waals surface area contributed by atoms with Gasteiger partial charge in [-0.15, -0.1) is 0 Å². The Bertz CT molecular complexity index is 1180. The Morgan fingerprint density at radius 2 is 1.24 bits per heavy atom. The topological polar surface area (TPSA) is 94.8 Å². The molecule has 0 aliphatic carbocycles. The van der Waals surface area contributed by atoms with Crippen LogP contribution >= 0.6 is 46.4 Å². The van der Waals surface area contributed by atoms with Crippen molar-refractivity contribution in [2.45, 2.75) is 4.75 Å². The van der Waals surface area contributed by atoms with E-state index >= 15 is 0 Å². The molecule has 5 nitrogen and oxygen atoms in total. The predicted molar refractivity (Wildman–Crippen MR) is 114 cm³/mol. The lowest BCUT2D eigenvalue weighted by Gasteiger charge is -2.34. The van der Waals surface area contributed by atoms with Gasteiger partial charge in [0.15, 0.2) is 4.75 Å². The van der Waals surface area contributed by atoms with Crippen LogP contribution in [0.25, 0.3) is 0 Å². The molecule has 1 atom stereocenters. The standard InChI is InChI=1S/C19H12Cl4O5S/c20-12-8-11(9-13(21)17(12)22)19(29(26,27)28,10-4-2-1-3-5-10)16-14(24)6-7-15(25)18(16)23/h1-9,24-25H,(H,26,27,28). The van der Waals surface area contributed by atoms with Gasteiger partial charge in [-0.1, -0.05) is 76.7 Å². The van der Waals surface area contributed by atoms with E-state index in [1.807, 2.05) is 0 Å². The van der Waals surface area contributed by atoms with Crippen LogP contribution in [0.3, 0.4) is 0 Å². The van der Waals surface area contributed by atoms with E-state index in [2.05, 4.69) is 0 Å². The van der Waals surface area contributed by atoms with Crippen molar-refractivity contribution in [3.63, 3.8) is 0 Å². The molecule has 0 aliphatic heterocycles. The summed E-state index contributed by atoms with van der Waals surface area (Å²) in [7, 11) is -5.11. The maximum atomic E-state index is 13.0. The van der Waals surface area contributed by atoms with Crippen molar-refractivity contribution in [2.24, 2.45) is 0 Å². The summed E-state index contributed by atoms with van der Waals surface area (Å²) in [4.78, 5) is 0. The van der Waals surface area contributed by atoms with Gasteiger partial charge in [0, 0.05) is 5.56 Å². The molecule has 0 aliphatic rings. The molecule has 3 aromatic carbocycles. The number of hydrogen-bond donors (Lipinski definition) is 3. The van der Waals surface area contributed by atoms with E-state index < -0.39 is 37.0 Å². The number of hydrogen-bond acceptors (Lipinski definition) is 4. The van der Waals surface area contributed by atoms with E-state index in [1.54, 1.807) is 6.07 Å². The Labute approximate surface area is 186 Å². The predicted octanol–water partition coefficient (Wildman–Crippen LogP) is 5.89. The van der Waals surface area contributed by atoms with Gasteiger partial charge in [-0.25, -0.2) is 0 Å². The van der Waals surface area contributed by atoms with E-state index in [-0.39, 0.29) is 26.2 Å². The largest absolute Gasteiger partial charge is 0.508 e. The average Bonchev–Trinajstić information content (AvgIpc) is 2.65. The third-order valence-corrected chi connectivity index (χ3v) is 7.44. The first-order valence-electron chi connectivity index (χ1n) is 7.90. The molecular weight excluding hydrogens is 482 g/mol. The second-order valence-corrected chi connectivity index (χ2v) is 9.20. The molecule has 0 aromatic heterocycles. The van der Waals surface area contributed by atoms with Crippen molar-refractivity contribution < 1.29 is 23.2 Å². The van der Waals surface area contributed by atoms with Gasteiger partial charge in [-0.3, -0.25) is 4.55 Å². The minimum atomic E-state index is -5.11. The van der Waals surface area contributed by atoms with E-state index in [1.165, 1.54) is 36.4 Å². The van der Waals surface area contributed by atoms with Crippen LogP contribution in [-0.4, -0.2) is 23.2 Å². The van der Waals surface area contributed by atoms with Crippen molar-refractivity contribution in [3.05, 3.63) is 91.4 Å². The SMILES string of the molecule is O=S(=O)(O)C(c1ccccc1)(c1cc(Cl)c(Cl)c(Cl)c1)c1c(O)ccc(O)c1Cl. The molecule has 3 N–H and O–H groups in total. The maximum Gasteiger partial charge on any atom is 0.283 e. The number of halogens is 4. The van der Waals surface area contributed by atoms with Crippen LogP contribution < -0.4 is 0 Å². The Hall–Kier alpha value is -1.67. The zero-order chi connectivity index (χ0) is 21.6. The summed E-state index contributed by atoms with van der Waals surface area (Å²) in [5, 5.41) is 20.0. The monoisotopic (exact) mass is 492 g/mol.